The molecule has 114 valence electrons. The Kier molecular flexibility index (Phi) is 4.18. The second-order valence-corrected chi connectivity index (χ2v) is 5.37. The van der Waals surface area contributed by atoms with Crippen molar-refractivity contribution in [1.82, 2.24) is 15.3 Å². The maximum Gasteiger partial charge on any atom is 0.271 e. The molecule has 6 heteroatoms. The van der Waals surface area contributed by atoms with E-state index in [9.17, 15) is 4.79 Å². The maximum absolute atomic E-state index is 12.0. The van der Waals surface area contributed by atoms with Gasteiger partial charge >= 0.3 is 0 Å². The quantitative estimate of drug-likeness (QED) is 0.846. The zero-order chi connectivity index (χ0) is 15.4. The van der Waals surface area contributed by atoms with E-state index in [1.165, 1.54) is 25.2 Å². The highest BCUT2D eigenvalue weighted by Gasteiger charge is 2.18. The summed E-state index contributed by atoms with van der Waals surface area (Å²) in [6.45, 7) is 0. The summed E-state index contributed by atoms with van der Waals surface area (Å²) in [6, 6.07) is 7.24. The highest BCUT2D eigenvalue weighted by Crippen LogP contribution is 2.20. The second kappa shape index (κ2) is 6.43. The van der Waals surface area contributed by atoms with E-state index >= 15 is 0 Å². The Balaban J connectivity index is 1.61. The number of nitrogens with two attached hydrogens (primary N) is 1. The number of nitrogen functional groups attached to an aromatic ring is 1. The summed E-state index contributed by atoms with van der Waals surface area (Å²) in [6.07, 6.45) is 7.29. The lowest BCUT2D eigenvalue weighted by atomic mass is 10.2. The molecule has 3 rings (SSSR count). The van der Waals surface area contributed by atoms with Crippen LogP contribution in [0.2, 0.25) is 0 Å². The van der Waals surface area contributed by atoms with Crippen LogP contribution in [0.3, 0.4) is 0 Å². The van der Waals surface area contributed by atoms with Crippen molar-refractivity contribution in [3.8, 4) is 11.6 Å². The molecule has 1 fully saturated rings. The molecule has 6 nitrogen and oxygen atoms in total. The largest absolute Gasteiger partial charge is 0.438 e. The van der Waals surface area contributed by atoms with Gasteiger partial charge in [-0.3, -0.25) is 4.79 Å². The van der Waals surface area contributed by atoms with Gasteiger partial charge in [-0.25, -0.2) is 9.97 Å². The van der Waals surface area contributed by atoms with Gasteiger partial charge in [-0.05, 0) is 37.1 Å². The van der Waals surface area contributed by atoms with Crippen molar-refractivity contribution in [2.24, 2.45) is 0 Å². The summed E-state index contributed by atoms with van der Waals surface area (Å²) in [4.78, 5) is 20.3. The zero-order valence-electron chi connectivity index (χ0n) is 12.2. The molecular weight excluding hydrogens is 280 g/mol. The topological polar surface area (TPSA) is 90.1 Å². The van der Waals surface area contributed by atoms with Crippen molar-refractivity contribution in [2.75, 3.05) is 5.73 Å². The average molecular weight is 298 g/mol. The molecule has 0 atom stereocenters. The highest BCUT2D eigenvalue weighted by molar-refractivity contribution is 5.92. The maximum atomic E-state index is 12.0. The average Bonchev–Trinajstić information content (AvgIpc) is 3.03. The Labute approximate surface area is 128 Å². The Morgan fingerprint density at radius 2 is 1.86 bits per heavy atom. The van der Waals surface area contributed by atoms with Gasteiger partial charge in [-0.15, -0.1) is 0 Å². The van der Waals surface area contributed by atoms with Gasteiger partial charge in [0.25, 0.3) is 5.91 Å². The molecule has 1 aromatic carbocycles. The third-order valence-electron chi connectivity index (χ3n) is 3.65. The Morgan fingerprint density at radius 1 is 1.14 bits per heavy atom. The number of rotatable bonds is 4. The Morgan fingerprint density at radius 3 is 2.50 bits per heavy atom. The van der Waals surface area contributed by atoms with E-state index in [1.807, 2.05) is 0 Å². The van der Waals surface area contributed by atoms with E-state index < -0.39 is 0 Å². The van der Waals surface area contributed by atoms with Gasteiger partial charge in [0.05, 0.1) is 12.4 Å². The van der Waals surface area contributed by atoms with Crippen molar-refractivity contribution in [2.45, 2.75) is 31.7 Å². The number of ether oxygens (including phenoxy) is 1. The smallest absolute Gasteiger partial charge is 0.271 e. The summed E-state index contributed by atoms with van der Waals surface area (Å²) in [5.74, 6) is 0.771. The molecule has 0 unspecified atom stereocenters. The molecule has 0 spiro atoms. The molecule has 1 heterocycles. The molecule has 0 saturated heterocycles. The third-order valence-corrected chi connectivity index (χ3v) is 3.65. The van der Waals surface area contributed by atoms with Gasteiger partial charge < -0.3 is 15.8 Å². The van der Waals surface area contributed by atoms with Crippen molar-refractivity contribution in [3.63, 3.8) is 0 Å². The molecule has 0 bridgehead atoms. The molecule has 3 N–H and O–H groups in total. The van der Waals surface area contributed by atoms with Crippen LogP contribution in [0.5, 0.6) is 11.6 Å². The summed E-state index contributed by atoms with van der Waals surface area (Å²) in [7, 11) is 0. The first-order valence-corrected chi connectivity index (χ1v) is 7.37. The fraction of sp³-hybridized carbons (Fsp3) is 0.312. The van der Waals surface area contributed by atoms with Gasteiger partial charge in [-0.2, -0.15) is 0 Å². The van der Waals surface area contributed by atoms with Crippen LogP contribution >= 0.6 is 0 Å². The Bertz CT molecular complexity index is 634. The van der Waals surface area contributed by atoms with Crippen molar-refractivity contribution >= 4 is 11.6 Å². The molecule has 0 aliphatic heterocycles. The lowest BCUT2D eigenvalue weighted by molar-refractivity contribution is 0.0932. The lowest BCUT2D eigenvalue weighted by Crippen LogP contribution is -2.33. The van der Waals surface area contributed by atoms with Gasteiger partial charge in [0, 0.05) is 11.7 Å². The SMILES string of the molecule is Nc1ccc(Oc2cnc(C(=O)NC3CCCC3)cn2)cc1. The van der Waals surface area contributed by atoms with Crippen LogP contribution in [0, 0.1) is 0 Å². The van der Waals surface area contributed by atoms with E-state index in [4.69, 9.17) is 10.5 Å². The second-order valence-electron chi connectivity index (χ2n) is 5.37. The van der Waals surface area contributed by atoms with Crippen LogP contribution in [0.25, 0.3) is 0 Å². The van der Waals surface area contributed by atoms with E-state index in [2.05, 4.69) is 15.3 Å². The number of nitrogens with one attached hydrogen (secondary N) is 1. The number of hydrogen-bond donors (Lipinski definition) is 2. The third kappa shape index (κ3) is 3.52. The number of amides is 1. The molecule has 22 heavy (non-hydrogen) atoms. The summed E-state index contributed by atoms with van der Waals surface area (Å²) in [5, 5.41) is 2.97. The molecule has 1 aliphatic carbocycles. The fourth-order valence-corrected chi connectivity index (χ4v) is 2.47. The first-order chi connectivity index (χ1) is 10.7. The number of carbonyl (C=O) groups is 1. The normalized spacial score (nSPS) is 14.7. The van der Waals surface area contributed by atoms with Crippen LogP contribution in [-0.2, 0) is 0 Å². The van der Waals surface area contributed by atoms with Gasteiger partial charge in [0.1, 0.15) is 11.4 Å². The molecule has 1 saturated carbocycles. The minimum absolute atomic E-state index is 0.182. The molecule has 2 aromatic rings. The summed E-state index contributed by atoms with van der Waals surface area (Å²) in [5.41, 5.74) is 6.58. The minimum Gasteiger partial charge on any atom is -0.438 e. The highest BCUT2D eigenvalue weighted by atomic mass is 16.5. The predicted octanol–water partition coefficient (Wildman–Crippen LogP) is 2.52. The molecule has 1 aromatic heterocycles. The van der Waals surface area contributed by atoms with E-state index in [0.717, 1.165) is 12.8 Å². The number of nitrogens with zero attached hydrogens (tertiary/aromatic N) is 2. The van der Waals surface area contributed by atoms with Crippen LogP contribution in [0.15, 0.2) is 36.7 Å². The van der Waals surface area contributed by atoms with E-state index in [1.54, 1.807) is 24.3 Å². The summed E-state index contributed by atoms with van der Waals surface area (Å²) >= 11 is 0. The zero-order valence-corrected chi connectivity index (χ0v) is 12.2. The van der Waals surface area contributed by atoms with E-state index in [0.29, 0.717) is 23.0 Å². The molecule has 1 aliphatic rings. The fourth-order valence-electron chi connectivity index (χ4n) is 2.47. The van der Waals surface area contributed by atoms with Gasteiger partial charge in [0.2, 0.25) is 5.88 Å². The van der Waals surface area contributed by atoms with Crippen molar-refractivity contribution in [3.05, 3.63) is 42.4 Å². The van der Waals surface area contributed by atoms with Crippen LogP contribution in [-0.4, -0.2) is 21.9 Å². The number of benzene rings is 1. The van der Waals surface area contributed by atoms with Gasteiger partial charge in [0.15, 0.2) is 0 Å². The first kappa shape index (κ1) is 14.3. The van der Waals surface area contributed by atoms with Crippen LogP contribution < -0.4 is 15.8 Å². The monoisotopic (exact) mass is 298 g/mol. The number of anilines is 1. The van der Waals surface area contributed by atoms with Crippen molar-refractivity contribution < 1.29 is 9.53 Å². The minimum atomic E-state index is -0.182. The molecule has 0 radical (unpaired) electrons. The molecule has 1 amide bonds. The van der Waals surface area contributed by atoms with Crippen molar-refractivity contribution in [1.29, 1.82) is 0 Å². The molecular formula is C16H18N4O2. The van der Waals surface area contributed by atoms with E-state index in [-0.39, 0.29) is 11.9 Å². The standard InChI is InChI=1S/C16H18N4O2/c17-11-5-7-13(8-6-11)22-15-10-18-14(9-19-15)16(21)20-12-3-1-2-4-12/h5-10,12H,1-4,17H2,(H,20,21). The Hall–Kier alpha value is -2.63. The predicted molar refractivity (Wildman–Crippen MR) is 82.7 cm³/mol. The summed E-state index contributed by atoms with van der Waals surface area (Å²) < 4.78 is 5.54. The first-order valence-electron chi connectivity index (χ1n) is 7.37. The van der Waals surface area contributed by atoms with Crippen LogP contribution in [0.1, 0.15) is 36.2 Å². The number of hydrogen-bond acceptors (Lipinski definition) is 5. The lowest BCUT2D eigenvalue weighted by Gasteiger charge is -2.11. The number of aromatic nitrogens is 2. The van der Waals surface area contributed by atoms with Gasteiger partial charge in [-0.1, -0.05) is 12.8 Å². The van der Waals surface area contributed by atoms with Crippen LogP contribution in [0.4, 0.5) is 5.69 Å². The number of carbonyl (C=O) groups excluding carboxylic acids is 1.